The molecule has 3 rings (SSSR count). The predicted molar refractivity (Wildman–Crippen MR) is 102 cm³/mol. The van der Waals surface area contributed by atoms with Crippen molar-refractivity contribution < 1.29 is 4.79 Å². The number of amides is 1. The van der Waals surface area contributed by atoms with E-state index in [4.69, 9.17) is 5.26 Å². The highest BCUT2D eigenvalue weighted by molar-refractivity contribution is 5.76. The maximum Gasteiger partial charge on any atom is 0.221 e. The van der Waals surface area contributed by atoms with Crippen molar-refractivity contribution >= 4 is 5.91 Å². The molecule has 1 unspecified atom stereocenters. The Labute approximate surface area is 155 Å². The standard InChI is InChI=1S/C22H25N3O/c1-25(16-18-7-4-6-17(14-18)15-23)13-12-22(26)24-21-11-5-9-19-8-2-3-10-20(19)21/h2-4,6-8,10,14,21H,5,9,11-13,16H2,1H3,(H,24,26). The van der Waals surface area contributed by atoms with Crippen molar-refractivity contribution in [1.82, 2.24) is 10.2 Å². The minimum Gasteiger partial charge on any atom is -0.349 e. The van der Waals surface area contributed by atoms with E-state index in [1.165, 1.54) is 11.1 Å². The second-order valence-electron chi connectivity index (χ2n) is 7.01. The number of hydrogen-bond donors (Lipinski definition) is 1. The molecule has 0 aromatic heterocycles. The number of nitriles is 1. The lowest BCUT2D eigenvalue weighted by Crippen LogP contribution is -2.33. The topological polar surface area (TPSA) is 56.1 Å². The zero-order chi connectivity index (χ0) is 18.4. The van der Waals surface area contributed by atoms with E-state index in [9.17, 15) is 4.79 Å². The van der Waals surface area contributed by atoms with Crippen LogP contribution in [0.5, 0.6) is 0 Å². The van der Waals surface area contributed by atoms with Crippen LogP contribution < -0.4 is 5.32 Å². The molecular weight excluding hydrogens is 322 g/mol. The van der Waals surface area contributed by atoms with Crippen molar-refractivity contribution in [2.75, 3.05) is 13.6 Å². The monoisotopic (exact) mass is 347 g/mol. The third kappa shape index (κ3) is 4.71. The van der Waals surface area contributed by atoms with E-state index in [1.807, 2.05) is 31.3 Å². The summed E-state index contributed by atoms with van der Waals surface area (Å²) in [7, 11) is 2.00. The molecule has 0 spiro atoms. The molecule has 1 N–H and O–H groups in total. The van der Waals surface area contributed by atoms with Crippen molar-refractivity contribution in [3.63, 3.8) is 0 Å². The summed E-state index contributed by atoms with van der Waals surface area (Å²) in [6, 6.07) is 18.3. The summed E-state index contributed by atoms with van der Waals surface area (Å²) in [4.78, 5) is 14.5. The number of benzene rings is 2. The van der Waals surface area contributed by atoms with E-state index >= 15 is 0 Å². The highest BCUT2D eigenvalue weighted by Crippen LogP contribution is 2.29. The number of rotatable bonds is 6. The van der Waals surface area contributed by atoms with Gasteiger partial charge in [-0.3, -0.25) is 4.79 Å². The molecule has 2 aromatic rings. The van der Waals surface area contributed by atoms with Crippen LogP contribution in [-0.4, -0.2) is 24.4 Å². The van der Waals surface area contributed by atoms with Gasteiger partial charge in [0.05, 0.1) is 17.7 Å². The number of carbonyl (C=O) groups excluding carboxylic acids is 1. The van der Waals surface area contributed by atoms with Gasteiger partial charge in [-0.05, 0) is 55.1 Å². The summed E-state index contributed by atoms with van der Waals surface area (Å²) >= 11 is 0. The third-order valence-corrected chi connectivity index (χ3v) is 4.93. The van der Waals surface area contributed by atoms with Crippen LogP contribution in [0.4, 0.5) is 0 Å². The van der Waals surface area contributed by atoms with Gasteiger partial charge in [0.15, 0.2) is 0 Å². The van der Waals surface area contributed by atoms with E-state index < -0.39 is 0 Å². The SMILES string of the molecule is CN(CCC(=O)NC1CCCc2ccccc21)Cc1cccc(C#N)c1. The minimum absolute atomic E-state index is 0.101. The molecule has 2 aromatic carbocycles. The molecule has 0 bridgehead atoms. The maximum absolute atomic E-state index is 12.4. The van der Waals surface area contributed by atoms with Crippen LogP contribution >= 0.6 is 0 Å². The molecule has 0 heterocycles. The Morgan fingerprint density at radius 1 is 1.27 bits per heavy atom. The Bertz CT molecular complexity index is 809. The first kappa shape index (κ1) is 18.2. The number of nitrogens with one attached hydrogen (secondary N) is 1. The molecule has 0 saturated heterocycles. The number of aryl methyl sites for hydroxylation is 1. The molecular formula is C22H25N3O. The lowest BCUT2D eigenvalue weighted by atomic mass is 9.87. The zero-order valence-corrected chi connectivity index (χ0v) is 15.2. The highest BCUT2D eigenvalue weighted by Gasteiger charge is 2.21. The Morgan fingerprint density at radius 2 is 2.12 bits per heavy atom. The Morgan fingerprint density at radius 3 is 2.96 bits per heavy atom. The van der Waals surface area contributed by atoms with Gasteiger partial charge in [-0.25, -0.2) is 0 Å². The van der Waals surface area contributed by atoms with Gasteiger partial charge in [-0.1, -0.05) is 36.4 Å². The maximum atomic E-state index is 12.4. The average molecular weight is 347 g/mol. The number of carbonyl (C=O) groups is 1. The van der Waals surface area contributed by atoms with Crippen LogP contribution in [0.15, 0.2) is 48.5 Å². The second-order valence-corrected chi connectivity index (χ2v) is 7.01. The molecule has 0 radical (unpaired) electrons. The first-order valence-corrected chi connectivity index (χ1v) is 9.20. The van der Waals surface area contributed by atoms with Gasteiger partial charge in [0, 0.05) is 19.5 Å². The molecule has 1 atom stereocenters. The van der Waals surface area contributed by atoms with Gasteiger partial charge in [-0.15, -0.1) is 0 Å². The van der Waals surface area contributed by atoms with Crippen LogP contribution in [0.3, 0.4) is 0 Å². The molecule has 1 aliphatic carbocycles. The van der Waals surface area contributed by atoms with E-state index in [0.717, 1.165) is 31.4 Å². The van der Waals surface area contributed by atoms with Gasteiger partial charge in [0.25, 0.3) is 0 Å². The van der Waals surface area contributed by atoms with E-state index in [1.54, 1.807) is 6.07 Å². The van der Waals surface area contributed by atoms with Crippen molar-refractivity contribution in [3.8, 4) is 6.07 Å². The first-order chi connectivity index (χ1) is 12.7. The van der Waals surface area contributed by atoms with E-state index in [-0.39, 0.29) is 11.9 Å². The van der Waals surface area contributed by atoms with Crippen molar-refractivity contribution in [2.24, 2.45) is 0 Å². The van der Waals surface area contributed by atoms with Gasteiger partial charge >= 0.3 is 0 Å². The molecule has 4 heteroatoms. The Hall–Kier alpha value is -2.64. The molecule has 4 nitrogen and oxygen atoms in total. The summed E-state index contributed by atoms with van der Waals surface area (Å²) in [6.45, 7) is 1.42. The van der Waals surface area contributed by atoms with E-state index in [2.05, 4.69) is 34.5 Å². The minimum atomic E-state index is 0.101. The fraction of sp³-hybridized carbons (Fsp3) is 0.364. The smallest absolute Gasteiger partial charge is 0.221 e. The molecule has 0 aliphatic heterocycles. The largest absolute Gasteiger partial charge is 0.349 e. The molecule has 1 aliphatic rings. The molecule has 26 heavy (non-hydrogen) atoms. The van der Waals surface area contributed by atoms with Crippen LogP contribution in [0.2, 0.25) is 0 Å². The molecule has 134 valence electrons. The summed E-state index contributed by atoms with van der Waals surface area (Å²) in [5.41, 5.74) is 4.39. The third-order valence-electron chi connectivity index (χ3n) is 4.93. The molecule has 1 amide bonds. The average Bonchev–Trinajstić information content (AvgIpc) is 2.67. The fourth-order valence-corrected chi connectivity index (χ4v) is 3.59. The lowest BCUT2D eigenvalue weighted by molar-refractivity contribution is -0.122. The van der Waals surface area contributed by atoms with Crippen LogP contribution in [-0.2, 0) is 17.8 Å². The van der Waals surface area contributed by atoms with Crippen molar-refractivity contribution in [1.29, 1.82) is 5.26 Å². The normalized spacial score (nSPS) is 16.0. The highest BCUT2D eigenvalue weighted by atomic mass is 16.1. The van der Waals surface area contributed by atoms with Gasteiger partial charge < -0.3 is 10.2 Å². The first-order valence-electron chi connectivity index (χ1n) is 9.20. The second kappa shape index (κ2) is 8.64. The Kier molecular flexibility index (Phi) is 6.04. The van der Waals surface area contributed by atoms with Crippen LogP contribution in [0, 0.1) is 11.3 Å². The number of nitrogens with zero attached hydrogens (tertiary/aromatic N) is 2. The number of hydrogen-bond acceptors (Lipinski definition) is 3. The van der Waals surface area contributed by atoms with Gasteiger partial charge in [0.1, 0.15) is 0 Å². The zero-order valence-electron chi connectivity index (χ0n) is 15.2. The Balaban J connectivity index is 1.49. The van der Waals surface area contributed by atoms with Crippen molar-refractivity contribution in [3.05, 3.63) is 70.8 Å². The summed E-state index contributed by atoms with van der Waals surface area (Å²) in [5.74, 6) is 0.101. The van der Waals surface area contributed by atoms with Gasteiger partial charge in [-0.2, -0.15) is 5.26 Å². The predicted octanol–water partition coefficient (Wildman–Crippen LogP) is 3.57. The van der Waals surface area contributed by atoms with Gasteiger partial charge in [0.2, 0.25) is 5.91 Å². The summed E-state index contributed by atoms with van der Waals surface area (Å²) < 4.78 is 0. The van der Waals surface area contributed by atoms with Crippen LogP contribution in [0.25, 0.3) is 0 Å². The van der Waals surface area contributed by atoms with Crippen LogP contribution in [0.1, 0.15) is 47.6 Å². The lowest BCUT2D eigenvalue weighted by Gasteiger charge is -2.26. The van der Waals surface area contributed by atoms with Crippen molar-refractivity contribution in [2.45, 2.75) is 38.3 Å². The molecule has 0 fully saturated rings. The fourth-order valence-electron chi connectivity index (χ4n) is 3.59. The summed E-state index contributed by atoms with van der Waals surface area (Å²) in [5, 5.41) is 12.2. The number of fused-ring (bicyclic) bond motifs is 1. The summed E-state index contributed by atoms with van der Waals surface area (Å²) in [6.07, 6.45) is 3.72. The molecule has 0 saturated carbocycles. The van der Waals surface area contributed by atoms with E-state index in [0.29, 0.717) is 18.5 Å². The quantitative estimate of drug-likeness (QED) is 0.869.